The first-order valence-electron chi connectivity index (χ1n) is 6.95. The maximum atomic E-state index is 14.1. The number of halogens is 2. The molecule has 1 aliphatic carbocycles. The maximum Gasteiger partial charge on any atom is 0.117 e. The third kappa shape index (κ3) is 3.11. The average Bonchev–Trinajstić information content (AvgIpc) is 2.67. The fraction of sp³-hybridized carbons (Fsp3) is 0.467. The summed E-state index contributed by atoms with van der Waals surface area (Å²) in [5.74, 6) is -0.00531. The van der Waals surface area contributed by atoms with Gasteiger partial charge in [0.05, 0.1) is 0 Å². The zero-order valence-corrected chi connectivity index (χ0v) is 12.7. The molecule has 3 unspecified atom stereocenters. The van der Waals surface area contributed by atoms with Crippen molar-refractivity contribution >= 4 is 15.9 Å². The number of benzene rings is 1. The minimum absolute atomic E-state index is 0.00531. The number of hydrazine groups is 1. The largest absolute Gasteiger partial charge is 0.278 e. The van der Waals surface area contributed by atoms with E-state index in [0.29, 0.717) is 12.8 Å². The first kappa shape index (κ1) is 14.2. The lowest BCUT2D eigenvalue weighted by molar-refractivity contribution is -0.0294. The molecule has 1 aromatic rings. The van der Waals surface area contributed by atoms with Crippen molar-refractivity contribution in [2.75, 3.05) is 0 Å². The highest BCUT2D eigenvalue weighted by atomic mass is 79.9. The fourth-order valence-corrected chi connectivity index (χ4v) is 3.50. The molecule has 3 rings (SSSR count). The second-order valence-corrected chi connectivity index (χ2v) is 6.54. The molecular weight excluding hydrogens is 323 g/mol. The number of fused-ring (bicyclic) bond motifs is 1. The predicted octanol–water partition coefficient (Wildman–Crippen LogP) is 3.18. The third-order valence-electron chi connectivity index (χ3n) is 3.90. The van der Waals surface area contributed by atoms with E-state index in [2.05, 4.69) is 39.1 Å². The highest BCUT2D eigenvalue weighted by molar-refractivity contribution is 9.09. The summed E-state index contributed by atoms with van der Waals surface area (Å²) in [6, 6.07) is 10.3. The van der Waals surface area contributed by atoms with Gasteiger partial charge in [-0.3, -0.25) is 4.84 Å². The van der Waals surface area contributed by atoms with E-state index in [1.165, 1.54) is 5.56 Å². The summed E-state index contributed by atoms with van der Waals surface area (Å²) < 4.78 is 14.1. The van der Waals surface area contributed by atoms with Gasteiger partial charge < -0.3 is 0 Å². The molecule has 3 atom stereocenters. The monoisotopic (exact) mass is 340 g/mol. The topological polar surface area (TPSA) is 33.3 Å². The first-order valence-corrected chi connectivity index (χ1v) is 7.87. The van der Waals surface area contributed by atoms with E-state index < -0.39 is 0 Å². The van der Waals surface area contributed by atoms with E-state index >= 15 is 0 Å². The van der Waals surface area contributed by atoms with Crippen LogP contribution in [-0.4, -0.2) is 17.0 Å². The fourth-order valence-electron chi connectivity index (χ4n) is 2.84. The van der Waals surface area contributed by atoms with Crippen molar-refractivity contribution in [3.05, 3.63) is 47.3 Å². The smallest absolute Gasteiger partial charge is 0.117 e. The van der Waals surface area contributed by atoms with Crippen LogP contribution in [-0.2, 0) is 11.3 Å². The second kappa shape index (κ2) is 6.35. The van der Waals surface area contributed by atoms with Crippen molar-refractivity contribution in [1.29, 1.82) is 0 Å². The predicted molar refractivity (Wildman–Crippen MR) is 79.8 cm³/mol. The summed E-state index contributed by atoms with van der Waals surface area (Å²) in [6.07, 6.45) is 2.56. The highest BCUT2D eigenvalue weighted by Gasteiger charge is 2.35. The normalized spacial score (nSPS) is 30.8. The van der Waals surface area contributed by atoms with Gasteiger partial charge in [-0.25, -0.2) is 9.82 Å². The molecule has 2 N–H and O–H groups in total. The second-order valence-electron chi connectivity index (χ2n) is 5.36. The molecule has 1 saturated heterocycles. The van der Waals surface area contributed by atoms with Gasteiger partial charge in [0.15, 0.2) is 0 Å². The molecule has 0 bridgehead atoms. The van der Waals surface area contributed by atoms with Crippen LogP contribution < -0.4 is 11.0 Å². The van der Waals surface area contributed by atoms with Crippen LogP contribution in [0.5, 0.6) is 0 Å². The lowest BCUT2D eigenvalue weighted by atomic mass is 9.89. The minimum atomic E-state index is -0.225. The van der Waals surface area contributed by atoms with Crippen LogP contribution in [0.4, 0.5) is 4.39 Å². The Bertz CT molecular complexity index is 494. The summed E-state index contributed by atoms with van der Waals surface area (Å²) >= 11 is 3.59. The van der Waals surface area contributed by atoms with Crippen LogP contribution in [0, 0.1) is 0 Å². The van der Waals surface area contributed by atoms with Gasteiger partial charge in [-0.2, -0.15) is 0 Å². The molecule has 1 aliphatic heterocycles. The summed E-state index contributed by atoms with van der Waals surface area (Å²) in [5.41, 5.74) is 7.94. The number of rotatable bonds is 2. The molecule has 1 fully saturated rings. The quantitative estimate of drug-likeness (QED) is 0.811. The van der Waals surface area contributed by atoms with Crippen LogP contribution in [0.15, 0.2) is 41.7 Å². The van der Waals surface area contributed by atoms with E-state index in [4.69, 9.17) is 4.84 Å². The number of nitrogens with one attached hydrogen (secondary N) is 2. The number of hydrogen-bond donors (Lipinski definition) is 2. The Morgan fingerprint density at radius 3 is 2.90 bits per heavy atom. The Labute approximate surface area is 126 Å². The van der Waals surface area contributed by atoms with Gasteiger partial charge in [0.2, 0.25) is 0 Å². The summed E-state index contributed by atoms with van der Waals surface area (Å²) in [5, 5.41) is 0. The molecule has 0 saturated carbocycles. The van der Waals surface area contributed by atoms with Gasteiger partial charge in [-0.1, -0.05) is 46.3 Å². The van der Waals surface area contributed by atoms with Gasteiger partial charge >= 0.3 is 0 Å². The van der Waals surface area contributed by atoms with Crippen molar-refractivity contribution < 1.29 is 9.23 Å². The van der Waals surface area contributed by atoms with Crippen LogP contribution in [0.3, 0.4) is 0 Å². The maximum absolute atomic E-state index is 14.1. The van der Waals surface area contributed by atoms with Gasteiger partial charge in [0.1, 0.15) is 11.9 Å². The third-order valence-corrected chi connectivity index (χ3v) is 4.84. The van der Waals surface area contributed by atoms with Crippen LogP contribution in [0.25, 0.3) is 0 Å². The summed E-state index contributed by atoms with van der Waals surface area (Å²) in [6.45, 7) is 0. The van der Waals surface area contributed by atoms with Crippen molar-refractivity contribution in [1.82, 2.24) is 11.0 Å². The Morgan fingerprint density at radius 2 is 2.10 bits per heavy atom. The lowest BCUT2D eigenvalue weighted by Gasteiger charge is -2.27. The molecule has 2 aliphatic rings. The van der Waals surface area contributed by atoms with Gasteiger partial charge in [-0.05, 0) is 30.4 Å². The summed E-state index contributed by atoms with van der Waals surface area (Å²) in [7, 11) is 0. The van der Waals surface area contributed by atoms with Crippen LogP contribution >= 0.6 is 15.9 Å². The number of alkyl halides is 1. The SMILES string of the molecule is FC1=C2CC(Cc3ccccc3)NNOC2C(Br)CC1. The highest BCUT2D eigenvalue weighted by Crippen LogP contribution is 2.35. The Hall–Kier alpha value is -0.750. The molecule has 20 heavy (non-hydrogen) atoms. The molecule has 3 nitrogen and oxygen atoms in total. The van der Waals surface area contributed by atoms with E-state index in [1.54, 1.807) is 0 Å². The molecule has 0 amide bonds. The Kier molecular flexibility index (Phi) is 4.51. The lowest BCUT2D eigenvalue weighted by Crippen LogP contribution is -2.41. The van der Waals surface area contributed by atoms with E-state index in [1.807, 2.05) is 18.2 Å². The van der Waals surface area contributed by atoms with Crippen molar-refractivity contribution in [2.45, 2.75) is 42.7 Å². The molecular formula is C15H18BrFN2O. The zero-order valence-electron chi connectivity index (χ0n) is 11.1. The van der Waals surface area contributed by atoms with Crippen molar-refractivity contribution in [3.8, 4) is 0 Å². The molecule has 0 radical (unpaired) electrons. The molecule has 1 aromatic carbocycles. The molecule has 5 heteroatoms. The first-order chi connectivity index (χ1) is 9.74. The molecule has 0 spiro atoms. The standard InChI is InChI=1S/C15H18BrFN2O/c16-13-6-7-14(17)12-9-11(18-19-20-15(12)13)8-10-4-2-1-3-5-10/h1-5,11,13,15,18-19H,6-9H2. The average molecular weight is 341 g/mol. The van der Waals surface area contributed by atoms with Crippen LogP contribution in [0.2, 0.25) is 0 Å². The number of hydrogen-bond acceptors (Lipinski definition) is 3. The Morgan fingerprint density at radius 1 is 1.30 bits per heavy atom. The molecule has 0 aromatic heterocycles. The van der Waals surface area contributed by atoms with Crippen molar-refractivity contribution in [3.63, 3.8) is 0 Å². The van der Waals surface area contributed by atoms with E-state index in [0.717, 1.165) is 18.4 Å². The van der Waals surface area contributed by atoms with Gasteiger partial charge in [-0.15, -0.1) is 5.59 Å². The Balaban J connectivity index is 1.75. The summed E-state index contributed by atoms with van der Waals surface area (Å²) in [4.78, 5) is 5.72. The van der Waals surface area contributed by atoms with E-state index in [-0.39, 0.29) is 22.8 Å². The van der Waals surface area contributed by atoms with Gasteiger partial charge in [0, 0.05) is 17.3 Å². The van der Waals surface area contributed by atoms with E-state index in [9.17, 15) is 4.39 Å². The minimum Gasteiger partial charge on any atom is -0.278 e. The molecule has 108 valence electrons. The van der Waals surface area contributed by atoms with Crippen LogP contribution in [0.1, 0.15) is 24.8 Å². The number of allylic oxidation sites excluding steroid dienone is 1. The van der Waals surface area contributed by atoms with Crippen molar-refractivity contribution in [2.24, 2.45) is 0 Å². The molecule has 1 heterocycles. The van der Waals surface area contributed by atoms with Gasteiger partial charge in [0.25, 0.3) is 0 Å². The zero-order chi connectivity index (χ0) is 13.9.